The minimum atomic E-state index is 0.748. The van der Waals surface area contributed by atoms with Crippen LogP contribution in [0.3, 0.4) is 0 Å². The van der Waals surface area contributed by atoms with Crippen molar-refractivity contribution in [2.45, 2.75) is 19.8 Å². The molecule has 2 rings (SSSR count). The molecule has 0 aliphatic carbocycles. The Morgan fingerprint density at radius 1 is 1.05 bits per heavy atom. The van der Waals surface area contributed by atoms with Crippen LogP contribution in [0.2, 0.25) is 0 Å². The average molecular weight is 287 g/mol. The van der Waals surface area contributed by atoms with Gasteiger partial charge in [-0.2, -0.15) is 0 Å². The van der Waals surface area contributed by atoms with Crippen molar-refractivity contribution in [3.63, 3.8) is 0 Å². The lowest BCUT2D eigenvalue weighted by Crippen LogP contribution is -2.07. The fourth-order valence-electron chi connectivity index (χ4n) is 2.06. The van der Waals surface area contributed by atoms with E-state index in [0.717, 1.165) is 42.4 Å². The Morgan fingerprint density at radius 2 is 1.86 bits per heavy atom. The lowest BCUT2D eigenvalue weighted by Gasteiger charge is -2.10. The predicted molar refractivity (Wildman–Crippen MR) is 83.1 cm³/mol. The molecule has 112 valence electrons. The zero-order valence-electron chi connectivity index (χ0n) is 12.7. The molecule has 21 heavy (non-hydrogen) atoms. The summed E-state index contributed by atoms with van der Waals surface area (Å²) in [4.78, 5) is 8.40. The molecule has 1 N–H and O–H groups in total. The minimum Gasteiger partial charge on any atom is -0.493 e. The zero-order valence-corrected chi connectivity index (χ0v) is 12.7. The number of hydrogen-bond donors (Lipinski definition) is 1. The number of methoxy groups -OCH3 is 2. The van der Waals surface area contributed by atoms with E-state index in [0.29, 0.717) is 0 Å². The van der Waals surface area contributed by atoms with Crippen LogP contribution in [-0.4, -0.2) is 30.7 Å². The summed E-state index contributed by atoms with van der Waals surface area (Å²) < 4.78 is 10.5. The van der Waals surface area contributed by atoms with E-state index in [-0.39, 0.29) is 0 Å². The highest BCUT2D eigenvalue weighted by atomic mass is 16.5. The quantitative estimate of drug-likeness (QED) is 0.848. The molecule has 0 amide bonds. The van der Waals surface area contributed by atoms with E-state index in [1.807, 2.05) is 24.3 Å². The van der Waals surface area contributed by atoms with Crippen molar-refractivity contribution in [3.05, 3.63) is 41.9 Å². The van der Waals surface area contributed by atoms with Crippen LogP contribution >= 0.6 is 0 Å². The number of aryl methyl sites for hydroxylation is 1. The van der Waals surface area contributed by atoms with Gasteiger partial charge < -0.3 is 14.8 Å². The molecule has 0 unspecified atom stereocenters. The number of aromatic nitrogens is 2. The maximum Gasteiger partial charge on any atom is 0.160 e. The molecule has 1 aromatic carbocycles. The Hall–Kier alpha value is -2.30. The monoisotopic (exact) mass is 287 g/mol. The van der Waals surface area contributed by atoms with E-state index in [4.69, 9.17) is 9.47 Å². The molecule has 2 aromatic rings. The molecule has 0 saturated carbocycles. The molecule has 0 aliphatic rings. The summed E-state index contributed by atoms with van der Waals surface area (Å²) in [6.45, 7) is 2.88. The van der Waals surface area contributed by atoms with Gasteiger partial charge in [0.2, 0.25) is 0 Å². The van der Waals surface area contributed by atoms with Crippen LogP contribution in [0.25, 0.3) is 0 Å². The van der Waals surface area contributed by atoms with E-state index in [1.165, 1.54) is 5.56 Å². The van der Waals surface area contributed by atoms with E-state index < -0.39 is 0 Å². The summed E-state index contributed by atoms with van der Waals surface area (Å²) in [5.41, 5.74) is 2.23. The van der Waals surface area contributed by atoms with Gasteiger partial charge in [0, 0.05) is 18.3 Å². The molecule has 0 atom stereocenters. The lowest BCUT2D eigenvalue weighted by atomic mass is 10.1. The molecule has 5 heteroatoms. The fraction of sp³-hybridized carbons (Fsp3) is 0.375. The van der Waals surface area contributed by atoms with Gasteiger partial charge in [-0.05, 0) is 30.5 Å². The highest BCUT2D eigenvalue weighted by Gasteiger charge is 2.04. The molecule has 0 aliphatic heterocycles. The Kier molecular flexibility index (Phi) is 5.37. The number of nitrogens with zero attached hydrogens (tertiary/aromatic N) is 2. The topological polar surface area (TPSA) is 56.3 Å². The van der Waals surface area contributed by atoms with Crippen molar-refractivity contribution in [2.75, 3.05) is 26.1 Å². The number of hydrogen-bond acceptors (Lipinski definition) is 5. The lowest BCUT2D eigenvalue weighted by molar-refractivity contribution is 0.354. The summed E-state index contributed by atoms with van der Waals surface area (Å²) in [6, 6.07) is 7.95. The van der Waals surface area contributed by atoms with Crippen LogP contribution < -0.4 is 14.8 Å². The largest absolute Gasteiger partial charge is 0.493 e. The van der Waals surface area contributed by atoms with Gasteiger partial charge in [0.15, 0.2) is 11.5 Å². The highest BCUT2D eigenvalue weighted by molar-refractivity contribution is 5.43. The standard InChI is InChI=1S/C16H21N3O2/c1-4-13-10-16(19-11-18-13)17-8-7-12-5-6-14(20-2)15(9-12)21-3/h5-6,9-11H,4,7-8H2,1-3H3,(H,17,18,19). The van der Waals surface area contributed by atoms with Crippen LogP contribution in [0, 0.1) is 0 Å². The predicted octanol–water partition coefficient (Wildman–Crippen LogP) is 2.71. The minimum absolute atomic E-state index is 0.748. The molecule has 0 spiro atoms. The first-order valence-electron chi connectivity index (χ1n) is 7.02. The average Bonchev–Trinajstić information content (AvgIpc) is 2.55. The normalized spacial score (nSPS) is 10.2. The molecule has 0 bridgehead atoms. The molecule has 5 nitrogen and oxygen atoms in total. The van der Waals surface area contributed by atoms with Crippen molar-refractivity contribution in [1.82, 2.24) is 9.97 Å². The van der Waals surface area contributed by atoms with Crippen molar-refractivity contribution in [3.8, 4) is 11.5 Å². The second-order valence-corrected chi connectivity index (χ2v) is 4.61. The smallest absolute Gasteiger partial charge is 0.160 e. The van der Waals surface area contributed by atoms with Crippen molar-refractivity contribution < 1.29 is 9.47 Å². The summed E-state index contributed by atoms with van der Waals surface area (Å²) >= 11 is 0. The zero-order chi connectivity index (χ0) is 15.1. The summed E-state index contributed by atoms with van der Waals surface area (Å²) in [6.07, 6.45) is 3.39. The Bertz CT molecular complexity index is 587. The second-order valence-electron chi connectivity index (χ2n) is 4.61. The van der Waals surface area contributed by atoms with Gasteiger partial charge in [-0.3, -0.25) is 0 Å². The Morgan fingerprint density at radius 3 is 2.57 bits per heavy atom. The maximum atomic E-state index is 5.31. The maximum absolute atomic E-state index is 5.31. The van der Waals surface area contributed by atoms with Crippen LogP contribution in [-0.2, 0) is 12.8 Å². The third-order valence-corrected chi connectivity index (χ3v) is 3.25. The Balaban J connectivity index is 1.93. The van der Waals surface area contributed by atoms with Gasteiger partial charge in [-0.1, -0.05) is 13.0 Å². The number of rotatable bonds is 7. The summed E-state index contributed by atoms with van der Waals surface area (Å²) in [5, 5.41) is 3.31. The first kappa shape index (κ1) is 15.1. The molecular formula is C16H21N3O2. The van der Waals surface area contributed by atoms with Crippen molar-refractivity contribution >= 4 is 5.82 Å². The van der Waals surface area contributed by atoms with Gasteiger partial charge in [-0.15, -0.1) is 0 Å². The van der Waals surface area contributed by atoms with E-state index in [9.17, 15) is 0 Å². The molecule has 0 fully saturated rings. The van der Waals surface area contributed by atoms with Gasteiger partial charge in [0.05, 0.1) is 14.2 Å². The van der Waals surface area contributed by atoms with Crippen molar-refractivity contribution in [2.24, 2.45) is 0 Å². The third-order valence-electron chi connectivity index (χ3n) is 3.25. The van der Waals surface area contributed by atoms with Crippen LogP contribution in [0.15, 0.2) is 30.6 Å². The first-order valence-corrected chi connectivity index (χ1v) is 7.02. The van der Waals surface area contributed by atoms with Gasteiger partial charge in [0.25, 0.3) is 0 Å². The van der Waals surface area contributed by atoms with E-state index >= 15 is 0 Å². The van der Waals surface area contributed by atoms with Crippen LogP contribution in [0.1, 0.15) is 18.2 Å². The number of nitrogens with one attached hydrogen (secondary N) is 1. The van der Waals surface area contributed by atoms with Crippen LogP contribution in [0.5, 0.6) is 11.5 Å². The van der Waals surface area contributed by atoms with E-state index in [1.54, 1.807) is 20.5 Å². The molecular weight excluding hydrogens is 266 g/mol. The van der Waals surface area contributed by atoms with Gasteiger partial charge in [0.1, 0.15) is 12.1 Å². The third kappa shape index (κ3) is 4.08. The highest BCUT2D eigenvalue weighted by Crippen LogP contribution is 2.27. The molecule has 0 radical (unpaired) electrons. The fourth-order valence-corrected chi connectivity index (χ4v) is 2.06. The number of ether oxygens (including phenoxy) is 2. The molecule has 1 heterocycles. The van der Waals surface area contributed by atoms with Crippen molar-refractivity contribution in [1.29, 1.82) is 0 Å². The Labute approximate surface area is 125 Å². The second kappa shape index (κ2) is 7.47. The van der Waals surface area contributed by atoms with E-state index in [2.05, 4.69) is 22.2 Å². The molecule has 1 aromatic heterocycles. The van der Waals surface area contributed by atoms with Crippen LogP contribution in [0.4, 0.5) is 5.82 Å². The summed E-state index contributed by atoms with van der Waals surface area (Å²) in [5.74, 6) is 2.37. The first-order chi connectivity index (χ1) is 10.3. The number of anilines is 1. The number of benzene rings is 1. The molecule has 0 saturated heterocycles. The summed E-state index contributed by atoms with van der Waals surface area (Å²) in [7, 11) is 3.28. The van der Waals surface area contributed by atoms with Gasteiger partial charge >= 0.3 is 0 Å². The van der Waals surface area contributed by atoms with Gasteiger partial charge in [-0.25, -0.2) is 9.97 Å². The SMILES string of the molecule is CCc1cc(NCCc2ccc(OC)c(OC)c2)ncn1.